The topological polar surface area (TPSA) is 43.4 Å². The summed E-state index contributed by atoms with van der Waals surface area (Å²) in [6, 6.07) is 0.331. The van der Waals surface area contributed by atoms with Gasteiger partial charge >= 0.3 is 0 Å². The summed E-state index contributed by atoms with van der Waals surface area (Å²) in [5.74, 6) is 0. The van der Waals surface area contributed by atoms with Gasteiger partial charge in [-0.15, -0.1) is 11.3 Å². The number of anilines is 1. The third-order valence-electron chi connectivity index (χ3n) is 2.64. The van der Waals surface area contributed by atoms with Crippen LogP contribution in [-0.4, -0.2) is 37.0 Å². The van der Waals surface area contributed by atoms with Crippen LogP contribution in [-0.2, 0) is 9.47 Å². The molecule has 1 saturated carbocycles. The van der Waals surface area contributed by atoms with Gasteiger partial charge in [0.05, 0.1) is 12.1 Å². The molecule has 5 heteroatoms. The first-order chi connectivity index (χ1) is 7.35. The Bertz CT molecular complexity index is 292. The van der Waals surface area contributed by atoms with Crippen LogP contribution >= 0.6 is 11.3 Å². The minimum atomic E-state index is 0.147. The second-order valence-corrected chi connectivity index (χ2v) is 4.41. The fourth-order valence-electron chi connectivity index (χ4n) is 1.87. The molecule has 3 atom stereocenters. The zero-order chi connectivity index (χ0) is 10.7. The quantitative estimate of drug-likeness (QED) is 0.833. The van der Waals surface area contributed by atoms with Crippen molar-refractivity contribution in [3.63, 3.8) is 0 Å². The molecule has 15 heavy (non-hydrogen) atoms. The molecule has 4 nitrogen and oxygen atoms in total. The Morgan fingerprint density at radius 1 is 1.67 bits per heavy atom. The summed E-state index contributed by atoms with van der Waals surface area (Å²) in [7, 11) is 1.73. The van der Waals surface area contributed by atoms with Crippen molar-refractivity contribution in [2.24, 2.45) is 0 Å². The minimum Gasteiger partial charge on any atom is -0.377 e. The van der Waals surface area contributed by atoms with Crippen molar-refractivity contribution in [2.45, 2.75) is 31.6 Å². The highest BCUT2D eigenvalue weighted by atomic mass is 32.1. The van der Waals surface area contributed by atoms with Gasteiger partial charge in [-0.3, -0.25) is 0 Å². The van der Waals surface area contributed by atoms with E-state index in [0.717, 1.165) is 18.2 Å². The van der Waals surface area contributed by atoms with E-state index in [1.54, 1.807) is 24.6 Å². The Balaban J connectivity index is 1.85. The van der Waals surface area contributed by atoms with Crippen molar-refractivity contribution in [3.05, 3.63) is 11.6 Å². The number of thiazole rings is 1. The first kappa shape index (κ1) is 10.9. The van der Waals surface area contributed by atoms with E-state index in [0.29, 0.717) is 6.04 Å². The molecule has 1 N–H and O–H groups in total. The molecule has 1 aliphatic rings. The van der Waals surface area contributed by atoms with E-state index in [1.165, 1.54) is 0 Å². The molecule has 0 amide bonds. The second-order valence-electron chi connectivity index (χ2n) is 3.52. The Kier molecular flexibility index (Phi) is 3.56. The predicted molar refractivity (Wildman–Crippen MR) is 60.4 cm³/mol. The fraction of sp³-hybridized carbons (Fsp3) is 0.700. The number of methoxy groups -OCH3 is 1. The van der Waals surface area contributed by atoms with E-state index < -0.39 is 0 Å². The summed E-state index contributed by atoms with van der Waals surface area (Å²) in [6.07, 6.45) is 3.17. The molecule has 2 rings (SSSR count). The second kappa shape index (κ2) is 4.92. The van der Waals surface area contributed by atoms with Crippen molar-refractivity contribution in [2.75, 3.05) is 19.0 Å². The Labute approximate surface area is 93.6 Å². The average molecular weight is 228 g/mol. The van der Waals surface area contributed by atoms with Gasteiger partial charge in [-0.05, 0) is 13.3 Å². The normalized spacial score (nSPS) is 29.9. The average Bonchev–Trinajstić information content (AvgIpc) is 2.69. The molecule has 0 bridgehead atoms. The highest BCUT2D eigenvalue weighted by Gasteiger charge is 2.42. The molecule has 1 aromatic rings. The van der Waals surface area contributed by atoms with Crippen LogP contribution in [0, 0.1) is 0 Å². The lowest BCUT2D eigenvalue weighted by Crippen LogP contribution is -2.56. The number of rotatable bonds is 5. The first-order valence-electron chi connectivity index (χ1n) is 5.15. The van der Waals surface area contributed by atoms with Gasteiger partial charge in [-0.1, -0.05) is 0 Å². The summed E-state index contributed by atoms with van der Waals surface area (Å²) in [6.45, 7) is 2.75. The molecule has 0 saturated heterocycles. The van der Waals surface area contributed by atoms with Crippen LogP contribution in [0.2, 0.25) is 0 Å². The van der Waals surface area contributed by atoms with Gasteiger partial charge in [0.15, 0.2) is 5.13 Å². The molecule has 1 heterocycles. The van der Waals surface area contributed by atoms with E-state index in [9.17, 15) is 0 Å². The van der Waals surface area contributed by atoms with Gasteiger partial charge in [0.1, 0.15) is 6.10 Å². The van der Waals surface area contributed by atoms with Gasteiger partial charge in [0, 0.05) is 25.3 Å². The molecular formula is C10H16N2O2S. The van der Waals surface area contributed by atoms with Crippen molar-refractivity contribution in [1.29, 1.82) is 0 Å². The largest absolute Gasteiger partial charge is 0.377 e. The number of hydrogen-bond donors (Lipinski definition) is 1. The monoisotopic (exact) mass is 228 g/mol. The summed E-state index contributed by atoms with van der Waals surface area (Å²) >= 11 is 1.61. The summed E-state index contributed by atoms with van der Waals surface area (Å²) in [5.41, 5.74) is 0. The Morgan fingerprint density at radius 2 is 2.53 bits per heavy atom. The number of ether oxygens (including phenoxy) is 2. The van der Waals surface area contributed by atoms with Crippen molar-refractivity contribution >= 4 is 16.5 Å². The molecule has 0 radical (unpaired) electrons. The van der Waals surface area contributed by atoms with Crippen molar-refractivity contribution in [1.82, 2.24) is 4.98 Å². The maximum absolute atomic E-state index is 5.55. The zero-order valence-electron chi connectivity index (χ0n) is 8.97. The number of nitrogens with zero attached hydrogens (tertiary/aromatic N) is 1. The third kappa shape index (κ3) is 2.30. The molecule has 1 aliphatic carbocycles. The van der Waals surface area contributed by atoms with Crippen LogP contribution in [0.25, 0.3) is 0 Å². The van der Waals surface area contributed by atoms with E-state index in [1.807, 2.05) is 12.3 Å². The highest BCUT2D eigenvalue weighted by molar-refractivity contribution is 7.13. The lowest BCUT2D eigenvalue weighted by atomic mass is 9.85. The smallest absolute Gasteiger partial charge is 0.182 e. The van der Waals surface area contributed by atoms with Gasteiger partial charge in [0.2, 0.25) is 0 Å². The van der Waals surface area contributed by atoms with Crippen LogP contribution in [0.4, 0.5) is 5.13 Å². The maximum atomic E-state index is 5.55. The Morgan fingerprint density at radius 3 is 3.13 bits per heavy atom. The van der Waals surface area contributed by atoms with E-state index in [2.05, 4.69) is 10.3 Å². The molecule has 0 spiro atoms. The summed E-state index contributed by atoms with van der Waals surface area (Å²) < 4.78 is 11.0. The highest BCUT2D eigenvalue weighted by Crippen LogP contribution is 2.30. The predicted octanol–water partition coefficient (Wildman–Crippen LogP) is 1.75. The lowest BCUT2D eigenvalue weighted by molar-refractivity contribution is -0.118. The SMILES string of the molecule is CCOC1CC(Nc2nccs2)C1OC. The molecule has 84 valence electrons. The van der Waals surface area contributed by atoms with E-state index in [4.69, 9.17) is 9.47 Å². The molecule has 0 aliphatic heterocycles. The molecular weight excluding hydrogens is 212 g/mol. The van der Waals surface area contributed by atoms with Gasteiger partial charge in [-0.25, -0.2) is 4.98 Å². The van der Waals surface area contributed by atoms with Crippen LogP contribution in [0.3, 0.4) is 0 Å². The summed E-state index contributed by atoms with van der Waals surface area (Å²) in [5, 5.41) is 6.27. The minimum absolute atomic E-state index is 0.147. The maximum Gasteiger partial charge on any atom is 0.182 e. The van der Waals surface area contributed by atoms with Crippen LogP contribution < -0.4 is 5.32 Å². The molecule has 1 fully saturated rings. The number of hydrogen-bond acceptors (Lipinski definition) is 5. The van der Waals surface area contributed by atoms with Gasteiger partial charge in [0.25, 0.3) is 0 Å². The standard InChI is InChI=1S/C10H16N2O2S/c1-3-14-8-6-7(9(8)13-2)12-10-11-4-5-15-10/h4-5,7-9H,3,6H2,1-2H3,(H,11,12). The number of aromatic nitrogens is 1. The van der Waals surface area contributed by atoms with E-state index in [-0.39, 0.29) is 12.2 Å². The first-order valence-corrected chi connectivity index (χ1v) is 6.03. The van der Waals surface area contributed by atoms with Gasteiger partial charge in [-0.2, -0.15) is 0 Å². The molecule has 3 unspecified atom stereocenters. The number of nitrogens with one attached hydrogen (secondary N) is 1. The fourth-order valence-corrected chi connectivity index (χ4v) is 2.46. The van der Waals surface area contributed by atoms with Crippen LogP contribution in [0.1, 0.15) is 13.3 Å². The van der Waals surface area contributed by atoms with Crippen molar-refractivity contribution in [3.8, 4) is 0 Å². The van der Waals surface area contributed by atoms with Crippen LogP contribution in [0.5, 0.6) is 0 Å². The summed E-state index contributed by atoms with van der Waals surface area (Å²) in [4.78, 5) is 4.19. The van der Waals surface area contributed by atoms with Crippen molar-refractivity contribution < 1.29 is 9.47 Å². The third-order valence-corrected chi connectivity index (χ3v) is 3.35. The Hall–Kier alpha value is -0.650. The zero-order valence-corrected chi connectivity index (χ0v) is 9.79. The van der Waals surface area contributed by atoms with Gasteiger partial charge < -0.3 is 14.8 Å². The molecule has 0 aromatic carbocycles. The lowest BCUT2D eigenvalue weighted by Gasteiger charge is -2.43. The molecule has 1 aromatic heterocycles. The van der Waals surface area contributed by atoms with E-state index >= 15 is 0 Å². The van der Waals surface area contributed by atoms with Crippen LogP contribution in [0.15, 0.2) is 11.6 Å².